The van der Waals surface area contributed by atoms with Gasteiger partial charge in [0.25, 0.3) is 0 Å². The number of hydrogen-bond acceptors (Lipinski definition) is 3. The first kappa shape index (κ1) is 14.4. The molecule has 4 nitrogen and oxygen atoms in total. The molecule has 0 aliphatic heterocycles. The van der Waals surface area contributed by atoms with Gasteiger partial charge in [0.05, 0.1) is 3.57 Å². The van der Waals surface area contributed by atoms with Gasteiger partial charge in [0.2, 0.25) is 0 Å². The van der Waals surface area contributed by atoms with Gasteiger partial charge in [0.1, 0.15) is 18.0 Å². The van der Waals surface area contributed by atoms with Crippen LogP contribution in [0.15, 0.2) is 24.3 Å². The first-order valence-electron chi connectivity index (χ1n) is 6.49. The van der Waals surface area contributed by atoms with Gasteiger partial charge in [-0.05, 0) is 47.6 Å². The van der Waals surface area contributed by atoms with Crippen molar-refractivity contribution >= 4 is 28.7 Å². The number of nitrogens with two attached hydrogens (primary N) is 1. The Bertz CT molecular complexity index is 452. The maximum absolute atomic E-state index is 10.7. The van der Waals surface area contributed by atoms with E-state index >= 15 is 0 Å². The summed E-state index contributed by atoms with van der Waals surface area (Å²) >= 11 is 2.26. The number of amides is 1. The summed E-state index contributed by atoms with van der Waals surface area (Å²) in [7, 11) is 0. The molecule has 1 saturated carbocycles. The fourth-order valence-electron chi connectivity index (χ4n) is 2.21. The van der Waals surface area contributed by atoms with E-state index in [2.05, 4.69) is 29.5 Å². The topological polar surface area (TPSA) is 61.6 Å². The van der Waals surface area contributed by atoms with Crippen molar-refractivity contribution in [2.45, 2.75) is 38.4 Å². The van der Waals surface area contributed by atoms with Gasteiger partial charge < -0.3 is 15.2 Å². The Kier molecular flexibility index (Phi) is 4.90. The maximum atomic E-state index is 10.7. The Hall–Kier alpha value is -0.980. The second-order valence-electron chi connectivity index (χ2n) is 4.75. The standard InChI is InChI=1S/C14H18INO3/c1-2-5-11(9-8-13(9)19-14(16)17)18-12-7-4-3-6-10(12)15/h3-4,6-7,9,11,13H,2,5,8H2,1H3,(H2,16,17)/t9-,11-,13-/m0/s1. The van der Waals surface area contributed by atoms with Crippen LogP contribution in [0.25, 0.3) is 0 Å². The minimum Gasteiger partial charge on any atom is -0.489 e. The molecule has 1 aliphatic rings. The number of carbonyl (C=O) groups is 1. The molecule has 3 atom stereocenters. The van der Waals surface area contributed by atoms with Crippen LogP contribution in [-0.2, 0) is 4.74 Å². The molecule has 1 aromatic carbocycles. The van der Waals surface area contributed by atoms with E-state index in [0.717, 1.165) is 28.6 Å². The van der Waals surface area contributed by atoms with Crippen molar-refractivity contribution in [3.05, 3.63) is 27.8 Å². The molecular formula is C14H18INO3. The molecule has 2 N–H and O–H groups in total. The monoisotopic (exact) mass is 375 g/mol. The van der Waals surface area contributed by atoms with Crippen molar-refractivity contribution in [1.29, 1.82) is 0 Å². The van der Waals surface area contributed by atoms with E-state index in [4.69, 9.17) is 15.2 Å². The molecule has 1 amide bonds. The highest BCUT2D eigenvalue weighted by Crippen LogP contribution is 2.40. The van der Waals surface area contributed by atoms with Crippen LogP contribution in [0.4, 0.5) is 4.79 Å². The highest BCUT2D eigenvalue weighted by Gasteiger charge is 2.47. The number of ether oxygens (including phenoxy) is 2. The summed E-state index contributed by atoms with van der Waals surface area (Å²) in [6.07, 6.45) is 2.15. The molecule has 1 fully saturated rings. The van der Waals surface area contributed by atoms with Gasteiger partial charge in [-0.3, -0.25) is 0 Å². The Balaban J connectivity index is 1.98. The summed E-state index contributed by atoms with van der Waals surface area (Å²) in [6.45, 7) is 2.12. The first-order valence-corrected chi connectivity index (χ1v) is 7.57. The molecule has 1 aromatic rings. The molecule has 0 unspecified atom stereocenters. The number of para-hydroxylation sites is 1. The highest BCUT2D eigenvalue weighted by molar-refractivity contribution is 14.1. The lowest BCUT2D eigenvalue weighted by Crippen LogP contribution is -2.24. The molecule has 104 valence electrons. The molecule has 0 saturated heterocycles. The number of primary amides is 1. The van der Waals surface area contributed by atoms with Crippen LogP contribution in [0.2, 0.25) is 0 Å². The van der Waals surface area contributed by atoms with E-state index in [0.29, 0.717) is 0 Å². The zero-order chi connectivity index (χ0) is 13.8. The van der Waals surface area contributed by atoms with E-state index in [1.54, 1.807) is 0 Å². The Morgan fingerprint density at radius 3 is 2.89 bits per heavy atom. The van der Waals surface area contributed by atoms with Crippen molar-refractivity contribution in [3.63, 3.8) is 0 Å². The van der Waals surface area contributed by atoms with Crippen LogP contribution in [-0.4, -0.2) is 18.3 Å². The minimum atomic E-state index is -0.697. The van der Waals surface area contributed by atoms with Crippen LogP contribution in [0.5, 0.6) is 5.75 Å². The third kappa shape index (κ3) is 3.99. The van der Waals surface area contributed by atoms with Gasteiger partial charge in [-0.25, -0.2) is 4.79 Å². The molecule has 0 aromatic heterocycles. The SMILES string of the molecule is CCC[C@H](Oc1ccccc1I)[C@@H]1C[C@@H]1OC(N)=O. The van der Waals surface area contributed by atoms with Crippen LogP contribution in [0, 0.1) is 9.49 Å². The number of hydrogen-bond donors (Lipinski definition) is 1. The quantitative estimate of drug-likeness (QED) is 0.776. The molecule has 5 heteroatoms. The molecule has 0 bridgehead atoms. The summed E-state index contributed by atoms with van der Waals surface area (Å²) in [4.78, 5) is 10.7. The summed E-state index contributed by atoms with van der Waals surface area (Å²) in [6, 6.07) is 7.93. The van der Waals surface area contributed by atoms with Crippen LogP contribution in [0.1, 0.15) is 26.2 Å². The van der Waals surface area contributed by atoms with Crippen molar-refractivity contribution in [1.82, 2.24) is 0 Å². The normalized spacial score (nSPS) is 22.6. The lowest BCUT2D eigenvalue weighted by Gasteiger charge is -2.19. The number of carbonyl (C=O) groups excluding carboxylic acids is 1. The van der Waals surface area contributed by atoms with Crippen molar-refractivity contribution < 1.29 is 14.3 Å². The smallest absolute Gasteiger partial charge is 0.404 e. The zero-order valence-electron chi connectivity index (χ0n) is 10.8. The molecular weight excluding hydrogens is 357 g/mol. The van der Waals surface area contributed by atoms with Gasteiger partial charge in [0.15, 0.2) is 0 Å². The van der Waals surface area contributed by atoms with E-state index in [1.165, 1.54) is 0 Å². The van der Waals surface area contributed by atoms with Crippen LogP contribution < -0.4 is 10.5 Å². The summed E-state index contributed by atoms with van der Waals surface area (Å²) in [5.74, 6) is 1.16. The molecule has 0 spiro atoms. The molecule has 0 radical (unpaired) electrons. The third-order valence-corrected chi connectivity index (χ3v) is 4.10. The van der Waals surface area contributed by atoms with Gasteiger partial charge in [-0.1, -0.05) is 25.5 Å². The average molecular weight is 375 g/mol. The fraction of sp³-hybridized carbons (Fsp3) is 0.500. The maximum Gasteiger partial charge on any atom is 0.404 e. The van der Waals surface area contributed by atoms with Gasteiger partial charge in [-0.15, -0.1) is 0 Å². The van der Waals surface area contributed by atoms with Crippen molar-refractivity contribution in [3.8, 4) is 5.75 Å². The molecule has 1 aliphatic carbocycles. The van der Waals surface area contributed by atoms with E-state index < -0.39 is 6.09 Å². The fourth-order valence-corrected chi connectivity index (χ4v) is 2.73. The predicted octanol–water partition coefficient (Wildman–Crippen LogP) is 3.32. The second-order valence-corrected chi connectivity index (χ2v) is 5.91. The van der Waals surface area contributed by atoms with E-state index in [1.807, 2.05) is 24.3 Å². The van der Waals surface area contributed by atoms with Crippen LogP contribution in [0.3, 0.4) is 0 Å². The predicted molar refractivity (Wildman–Crippen MR) is 81.0 cm³/mol. The lowest BCUT2D eigenvalue weighted by molar-refractivity contribution is 0.111. The second kappa shape index (κ2) is 6.45. The Morgan fingerprint density at radius 1 is 1.53 bits per heavy atom. The van der Waals surface area contributed by atoms with E-state index in [9.17, 15) is 4.79 Å². The Morgan fingerprint density at radius 2 is 2.26 bits per heavy atom. The van der Waals surface area contributed by atoms with E-state index in [-0.39, 0.29) is 18.1 Å². The molecule has 0 heterocycles. The van der Waals surface area contributed by atoms with Gasteiger partial charge in [0, 0.05) is 5.92 Å². The van der Waals surface area contributed by atoms with Crippen molar-refractivity contribution in [2.75, 3.05) is 0 Å². The number of benzene rings is 1. The largest absolute Gasteiger partial charge is 0.489 e. The summed E-state index contributed by atoms with van der Waals surface area (Å²) < 4.78 is 12.2. The Labute approximate surface area is 126 Å². The minimum absolute atomic E-state index is 0.0737. The average Bonchev–Trinajstić information content (AvgIpc) is 3.09. The van der Waals surface area contributed by atoms with Crippen molar-refractivity contribution in [2.24, 2.45) is 11.7 Å². The van der Waals surface area contributed by atoms with Crippen LogP contribution >= 0.6 is 22.6 Å². The molecule has 2 rings (SSSR count). The van der Waals surface area contributed by atoms with Gasteiger partial charge >= 0.3 is 6.09 Å². The van der Waals surface area contributed by atoms with Gasteiger partial charge in [-0.2, -0.15) is 0 Å². The third-order valence-electron chi connectivity index (χ3n) is 3.21. The zero-order valence-corrected chi connectivity index (χ0v) is 13.0. The highest BCUT2D eigenvalue weighted by atomic mass is 127. The summed E-state index contributed by atoms with van der Waals surface area (Å²) in [5.41, 5.74) is 5.04. The lowest BCUT2D eigenvalue weighted by atomic mass is 10.1. The number of halogens is 1. The molecule has 19 heavy (non-hydrogen) atoms. The number of rotatable bonds is 6. The summed E-state index contributed by atoms with van der Waals surface area (Å²) in [5, 5.41) is 0. The first-order chi connectivity index (χ1) is 9.11.